The van der Waals surface area contributed by atoms with Crippen molar-refractivity contribution in [3.05, 3.63) is 0 Å². The minimum absolute atomic E-state index is 0.0183. The van der Waals surface area contributed by atoms with E-state index in [1.807, 2.05) is 27.7 Å². The molecule has 0 aliphatic heterocycles. The monoisotopic (exact) mass is 199 g/mol. The Labute approximate surface area is 86.5 Å². The summed E-state index contributed by atoms with van der Waals surface area (Å²) in [6, 6.07) is 0. The van der Waals surface area contributed by atoms with E-state index in [1.165, 1.54) is 0 Å². The number of ketones is 1. The van der Waals surface area contributed by atoms with Crippen molar-refractivity contribution in [2.75, 3.05) is 13.6 Å². The zero-order valence-electron chi connectivity index (χ0n) is 9.83. The van der Waals surface area contributed by atoms with E-state index in [2.05, 4.69) is 0 Å². The SMILES string of the molecule is CCN(C)C(=O)CC(C)C(=O)C(C)C. The summed E-state index contributed by atoms with van der Waals surface area (Å²) in [7, 11) is 1.76. The maximum absolute atomic E-state index is 11.5. The Kier molecular flexibility index (Phi) is 5.43. The molecule has 1 atom stereocenters. The van der Waals surface area contributed by atoms with Crippen LogP contribution in [0.3, 0.4) is 0 Å². The first-order valence-electron chi connectivity index (χ1n) is 5.17. The second kappa shape index (κ2) is 5.78. The number of rotatable bonds is 5. The molecule has 0 spiro atoms. The molecule has 0 aliphatic carbocycles. The maximum Gasteiger partial charge on any atom is 0.223 e. The molecule has 14 heavy (non-hydrogen) atoms. The number of hydrogen-bond acceptors (Lipinski definition) is 2. The van der Waals surface area contributed by atoms with Gasteiger partial charge in [-0.2, -0.15) is 0 Å². The maximum atomic E-state index is 11.5. The van der Waals surface area contributed by atoms with E-state index in [4.69, 9.17) is 0 Å². The summed E-state index contributed by atoms with van der Waals surface area (Å²) in [5.74, 6) is 0.0816. The lowest BCUT2D eigenvalue weighted by Gasteiger charge is -2.18. The molecule has 0 aromatic heterocycles. The molecular weight excluding hydrogens is 178 g/mol. The molecule has 1 unspecified atom stereocenters. The zero-order valence-corrected chi connectivity index (χ0v) is 9.83. The standard InChI is InChI=1S/C11H21NO2/c1-6-12(5)10(13)7-9(4)11(14)8(2)3/h8-9H,6-7H2,1-5H3. The number of hydrogen-bond donors (Lipinski definition) is 0. The lowest BCUT2D eigenvalue weighted by molar-refractivity contribution is -0.135. The van der Waals surface area contributed by atoms with Crippen molar-refractivity contribution in [1.82, 2.24) is 4.90 Å². The fourth-order valence-electron chi connectivity index (χ4n) is 1.26. The molecule has 0 saturated heterocycles. The third-order valence-corrected chi connectivity index (χ3v) is 2.44. The second-order valence-corrected chi connectivity index (χ2v) is 4.07. The Hall–Kier alpha value is -0.860. The lowest BCUT2D eigenvalue weighted by Crippen LogP contribution is -2.30. The second-order valence-electron chi connectivity index (χ2n) is 4.07. The predicted octanol–water partition coefficient (Wildman–Crippen LogP) is 1.72. The number of nitrogens with zero attached hydrogens (tertiary/aromatic N) is 1. The Morgan fingerprint density at radius 2 is 1.71 bits per heavy atom. The normalized spacial score (nSPS) is 12.7. The molecule has 3 heteroatoms. The van der Waals surface area contributed by atoms with Crippen molar-refractivity contribution in [1.29, 1.82) is 0 Å². The summed E-state index contributed by atoms with van der Waals surface area (Å²) < 4.78 is 0. The summed E-state index contributed by atoms with van der Waals surface area (Å²) in [5.41, 5.74) is 0. The van der Waals surface area contributed by atoms with Crippen LogP contribution in [-0.4, -0.2) is 30.2 Å². The fourth-order valence-corrected chi connectivity index (χ4v) is 1.26. The topological polar surface area (TPSA) is 37.4 Å². The molecule has 0 aromatic carbocycles. The first-order chi connectivity index (χ1) is 6.40. The van der Waals surface area contributed by atoms with Gasteiger partial charge in [0.05, 0.1) is 0 Å². The highest BCUT2D eigenvalue weighted by Gasteiger charge is 2.20. The Morgan fingerprint density at radius 3 is 2.07 bits per heavy atom. The molecule has 0 aliphatic rings. The van der Waals surface area contributed by atoms with Gasteiger partial charge in [-0.25, -0.2) is 0 Å². The Morgan fingerprint density at radius 1 is 1.21 bits per heavy atom. The van der Waals surface area contributed by atoms with Crippen molar-refractivity contribution in [2.45, 2.75) is 34.1 Å². The van der Waals surface area contributed by atoms with Crippen LogP contribution in [0.4, 0.5) is 0 Å². The van der Waals surface area contributed by atoms with Gasteiger partial charge in [-0.15, -0.1) is 0 Å². The van der Waals surface area contributed by atoms with E-state index in [1.54, 1.807) is 11.9 Å². The van der Waals surface area contributed by atoms with Crippen LogP contribution in [0.5, 0.6) is 0 Å². The van der Waals surface area contributed by atoms with Crippen LogP contribution < -0.4 is 0 Å². The number of carbonyl (C=O) groups is 2. The van der Waals surface area contributed by atoms with Crippen LogP contribution in [0.15, 0.2) is 0 Å². The zero-order chi connectivity index (χ0) is 11.3. The van der Waals surface area contributed by atoms with Gasteiger partial charge in [-0.1, -0.05) is 20.8 Å². The molecular formula is C11H21NO2. The summed E-state index contributed by atoms with van der Waals surface area (Å²) in [5, 5.41) is 0. The molecule has 0 fully saturated rings. The Bertz CT molecular complexity index is 211. The highest BCUT2D eigenvalue weighted by molar-refractivity contribution is 5.87. The van der Waals surface area contributed by atoms with Crippen LogP contribution >= 0.6 is 0 Å². The predicted molar refractivity (Wildman–Crippen MR) is 56.9 cm³/mol. The van der Waals surface area contributed by atoms with E-state index in [9.17, 15) is 9.59 Å². The van der Waals surface area contributed by atoms with Crippen LogP contribution in [0.1, 0.15) is 34.1 Å². The van der Waals surface area contributed by atoms with Crippen molar-refractivity contribution in [3.63, 3.8) is 0 Å². The Balaban J connectivity index is 4.12. The van der Waals surface area contributed by atoms with Gasteiger partial charge in [-0.3, -0.25) is 9.59 Å². The van der Waals surface area contributed by atoms with Crippen LogP contribution in [0.25, 0.3) is 0 Å². The minimum atomic E-state index is -0.156. The van der Waals surface area contributed by atoms with Crippen molar-refractivity contribution >= 4 is 11.7 Å². The summed E-state index contributed by atoms with van der Waals surface area (Å²) >= 11 is 0. The number of Topliss-reactive ketones (excluding diaryl/α,β-unsaturated/α-hetero) is 1. The third-order valence-electron chi connectivity index (χ3n) is 2.44. The van der Waals surface area contributed by atoms with Crippen molar-refractivity contribution < 1.29 is 9.59 Å². The molecule has 1 amide bonds. The van der Waals surface area contributed by atoms with Gasteiger partial charge in [0.2, 0.25) is 5.91 Å². The first kappa shape index (κ1) is 13.1. The van der Waals surface area contributed by atoms with Gasteiger partial charge in [0, 0.05) is 31.8 Å². The van der Waals surface area contributed by atoms with E-state index < -0.39 is 0 Å². The van der Waals surface area contributed by atoms with Crippen LogP contribution in [-0.2, 0) is 9.59 Å². The van der Waals surface area contributed by atoms with Crippen LogP contribution in [0, 0.1) is 11.8 Å². The quantitative estimate of drug-likeness (QED) is 0.676. The molecule has 0 saturated carbocycles. The van der Waals surface area contributed by atoms with Gasteiger partial charge in [0.1, 0.15) is 5.78 Å². The fraction of sp³-hybridized carbons (Fsp3) is 0.818. The number of amides is 1. The highest BCUT2D eigenvalue weighted by Crippen LogP contribution is 2.11. The van der Waals surface area contributed by atoms with E-state index >= 15 is 0 Å². The lowest BCUT2D eigenvalue weighted by atomic mass is 9.94. The summed E-state index contributed by atoms with van der Waals surface area (Å²) in [6.45, 7) is 8.18. The molecule has 0 rings (SSSR count). The molecule has 0 aromatic rings. The summed E-state index contributed by atoms with van der Waals surface area (Å²) in [6.07, 6.45) is 0.335. The van der Waals surface area contributed by atoms with Crippen LogP contribution in [0.2, 0.25) is 0 Å². The third kappa shape index (κ3) is 3.90. The average molecular weight is 199 g/mol. The van der Waals surface area contributed by atoms with Crippen molar-refractivity contribution in [2.24, 2.45) is 11.8 Å². The molecule has 0 heterocycles. The minimum Gasteiger partial charge on any atom is -0.346 e. The highest BCUT2D eigenvalue weighted by atomic mass is 16.2. The average Bonchev–Trinajstić information content (AvgIpc) is 2.14. The van der Waals surface area contributed by atoms with Crippen molar-refractivity contribution in [3.8, 4) is 0 Å². The number of carbonyl (C=O) groups excluding carboxylic acids is 2. The summed E-state index contributed by atoms with van der Waals surface area (Å²) in [4.78, 5) is 24.6. The van der Waals surface area contributed by atoms with E-state index in [-0.39, 0.29) is 23.5 Å². The van der Waals surface area contributed by atoms with Gasteiger partial charge in [-0.05, 0) is 6.92 Å². The molecule has 3 nitrogen and oxygen atoms in total. The molecule has 0 bridgehead atoms. The molecule has 0 N–H and O–H groups in total. The molecule has 82 valence electrons. The smallest absolute Gasteiger partial charge is 0.223 e. The van der Waals surface area contributed by atoms with Gasteiger partial charge < -0.3 is 4.90 Å². The van der Waals surface area contributed by atoms with E-state index in [0.717, 1.165) is 0 Å². The van der Waals surface area contributed by atoms with E-state index in [0.29, 0.717) is 13.0 Å². The van der Waals surface area contributed by atoms with Gasteiger partial charge >= 0.3 is 0 Å². The van der Waals surface area contributed by atoms with Gasteiger partial charge in [0.25, 0.3) is 0 Å². The first-order valence-corrected chi connectivity index (χ1v) is 5.17. The molecule has 0 radical (unpaired) electrons. The largest absolute Gasteiger partial charge is 0.346 e. The van der Waals surface area contributed by atoms with Gasteiger partial charge in [0.15, 0.2) is 0 Å².